The predicted molar refractivity (Wildman–Crippen MR) is 107 cm³/mol. The van der Waals surface area contributed by atoms with Crippen LogP contribution in [0.5, 0.6) is 5.75 Å². The molecule has 0 saturated heterocycles. The summed E-state index contributed by atoms with van der Waals surface area (Å²) >= 11 is 0. The van der Waals surface area contributed by atoms with Crippen molar-refractivity contribution in [3.05, 3.63) is 65.9 Å². The Bertz CT molecular complexity index is 961. The number of para-hydroxylation sites is 1. The van der Waals surface area contributed by atoms with Gasteiger partial charge in [-0.3, -0.25) is 0 Å². The number of hydrogen-bond acceptors (Lipinski definition) is 6. The van der Waals surface area contributed by atoms with Crippen LogP contribution < -0.4 is 15.4 Å². The molecule has 3 aromatic rings. The van der Waals surface area contributed by atoms with E-state index in [1.165, 1.54) is 0 Å². The molecular weight excluding hydrogens is 338 g/mol. The standard InChI is InChI=1S/C21H21N5O/c1-14(2)27-18-10-8-17(9-11-18)24-21-23-15(3)12-20(26-21)25-19-7-5-4-6-16(19)13-22/h4-12,14H,1-3H3,(H2,23,24,25,26). The number of nitrogens with one attached hydrogen (secondary N) is 2. The van der Waals surface area contributed by atoms with Gasteiger partial charge >= 0.3 is 0 Å². The van der Waals surface area contributed by atoms with Crippen LogP contribution >= 0.6 is 0 Å². The van der Waals surface area contributed by atoms with Crippen LogP contribution in [0.4, 0.5) is 23.1 Å². The number of ether oxygens (including phenoxy) is 1. The zero-order valence-corrected chi connectivity index (χ0v) is 15.5. The van der Waals surface area contributed by atoms with Crippen molar-refractivity contribution in [2.75, 3.05) is 10.6 Å². The van der Waals surface area contributed by atoms with Crippen molar-refractivity contribution in [3.63, 3.8) is 0 Å². The predicted octanol–water partition coefficient (Wildman–Crippen LogP) is 4.93. The molecule has 1 aromatic heterocycles. The number of rotatable bonds is 6. The number of aryl methyl sites for hydroxylation is 1. The number of nitriles is 1. The Morgan fingerprint density at radius 3 is 2.44 bits per heavy atom. The summed E-state index contributed by atoms with van der Waals surface area (Å²) in [4.78, 5) is 8.92. The van der Waals surface area contributed by atoms with Crippen molar-refractivity contribution < 1.29 is 4.74 Å². The maximum atomic E-state index is 9.23. The summed E-state index contributed by atoms with van der Waals surface area (Å²) in [7, 11) is 0. The Kier molecular flexibility index (Phi) is 5.53. The summed E-state index contributed by atoms with van der Waals surface area (Å²) in [6, 6.07) is 18.9. The van der Waals surface area contributed by atoms with Gasteiger partial charge in [-0.15, -0.1) is 0 Å². The zero-order valence-electron chi connectivity index (χ0n) is 15.5. The van der Waals surface area contributed by atoms with Crippen molar-refractivity contribution in [2.24, 2.45) is 0 Å². The van der Waals surface area contributed by atoms with Crippen molar-refractivity contribution in [1.29, 1.82) is 5.26 Å². The molecule has 0 aliphatic carbocycles. The van der Waals surface area contributed by atoms with Gasteiger partial charge in [-0.1, -0.05) is 12.1 Å². The van der Waals surface area contributed by atoms with Crippen LogP contribution in [0.25, 0.3) is 0 Å². The second-order valence-corrected chi connectivity index (χ2v) is 6.32. The van der Waals surface area contributed by atoms with Gasteiger partial charge in [-0.2, -0.15) is 10.2 Å². The van der Waals surface area contributed by atoms with Gasteiger partial charge in [0.1, 0.15) is 17.6 Å². The van der Waals surface area contributed by atoms with Crippen LogP contribution in [-0.2, 0) is 0 Å². The Balaban J connectivity index is 1.78. The van der Waals surface area contributed by atoms with E-state index in [1.807, 2.05) is 69.3 Å². The van der Waals surface area contributed by atoms with Gasteiger partial charge in [0.25, 0.3) is 0 Å². The normalized spacial score (nSPS) is 10.3. The van der Waals surface area contributed by atoms with E-state index in [-0.39, 0.29) is 6.10 Å². The number of aromatic nitrogens is 2. The molecule has 136 valence electrons. The summed E-state index contributed by atoms with van der Waals surface area (Å²) < 4.78 is 5.65. The lowest BCUT2D eigenvalue weighted by Gasteiger charge is -2.12. The molecule has 6 heteroatoms. The molecule has 0 aliphatic rings. The Labute approximate surface area is 158 Å². The molecule has 0 radical (unpaired) electrons. The van der Waals surface area contributed by atoms with Crippen LogP contribution in [0, 0.1) is 18.3 Å². The van der Waals surface area contributed by atoms with E-state index in [0.29, 0.717) is 23.0 Å². The average Bonchev–Trinajstić information content (AvgIpc) is 2.63. The minimum absolute atomic E-state index is 0.133. The summed E-state index contributed by atoms with van der Waals surface area (Å²) in [5, 5.41) is 15.6. The maximum absolute atomic E-state index is 9.23. The highest BCUT2D eigenvalue weighted by Crippen LogP contribution is 2.23. The molecule has 0 atom stereocenters. The molecule has 0 bridgehead atoms. The van der Waals surface area contributed by atoms with Gasteiger partial charge in [-0.05, 0) is 57.2 Å². The molecule has 2 N–H and O–H groups in total. The summed E-state index contributed by atoms with van der Waals surface area (Å²) in [5.74, 6) is 1.91. The molecule has 6 nitrogen and oxygen atoms in total. The molecule has 0 amide bonds. The van der Waals surface area contributed by atoms with Crippen LogP contribution in [0.1, 0.15) is 25.1 Å². The van der Waals surface area contributed by atoms with E-state index in [1.54, 1.807) is 6.07 Å². The largest absolute Gasteiger partial charge is 0.491 e. The first-order valence-corrected chi connectivity index (χ1v) is 8.69. The van der Waals surface area contributed by atoms with Crippen LogP contribution in [-0.4, -0.2) is 16.1 Å². The molecule has 3 rings (SSSR count). The van der Waals surface area contributed by atoms with E-state index in [4.69, 9.17) is 4.74 Å². The fraction of sp³-hybridized carbons (Fsp3) is 0.190. The Hall–Kier alpha value is -3.59. The lowest BCUT2D eigenvalue weighted by Crippen LogP contribution is -2.05. The number of anilines is 4. The molecule has 27 heavy (non-hydrogen) atoms. The van der Waals surface area contributed by atoms with Gasteiger partial charge in [-0.25, -0.2) is 4.98 Å². The summed E-state index contributed by atoms with van der Waals surface area (Å²) in [6.45, 7) is 5.88. The first kappa shape index (κ1) is 18.2. The minimum Gasteiger partial charge on any atom is -0.491 e. The fourth-order valence-electron chi connectivity index (χ4n) is 2.53. The van der Waals surface area contributed by atoms with Crippen molar-refractivity contribution in [2.45, 2.75) is 26.9 Å². The number of nitrogens with zero attached hydrogens (tertiary/aromatic N) is 3. The second kappa shape index (κ2) is 8.19. The van der Waals surface area contributed by atoms with Crippen LogP contribution in [0.15, 0.2) is 54.6 Å². The first-order valence-electron chi connectivity index (χ1n) is 8.69. The highest BCUT2D eigenvalue weighted by atomic mass is 16.5. The summed E-state index contributed by atoms with van der Waals surface area (Å²) in [6.07, 6.45) is 0.133. The van der Waals surface area contributed by atoms with Gasteiger partial charge in [0, 0.05) is 17.4 Å². The maximum Gasteiger partial charge on any atom is 0.229 e. The molecule has 2 aromatic carbocycles. The van der Waals surface area contributed by atoms with E-state index in [0.717, 1.165) is 17.1 Å². The molecule has 1 heterocycles. The van der Waals surface area contributed by atoms with Crippen molar-refractivity contribution in [3.8, 4) is 11.8 Å². The van der Waals surface area contributed by atoms with Crippen LogP contribution in [0.2, 0.25) is 0 Å². The van der Waals surface area contributed by atoms with Crippen molar-refractivity contribution in [1.82, 2.24) is 9.97 Å². The number of benzene rings is 2. The van der Waals surface area contributed by atoms with E-state index in [9.17, 15) is 5.26 Å². The smallest absolute Gasteiger partial charge is 0.229 e. The van der Waals surface area contributed by atoms with Crippen LogP contribution in [0.3, 0.4) is 0 Å². The molecule has 0 aliphatic heterocycles. The molecular formula is C21H21N5O. The third-order valence-electron chi connectivity index (χ3n) is 3.65. The first-order chi connectivity index (χ1) is 13.0. The third kappa shape index (κ3) is 4.95. The quantitative estimate of drug-likeness (QED) is 0.649. The SMILES string of the molecule is Cc1cc(Nc2ccccc2C#N)nc(Nc2ccc(OC(C)C)cc2)n1. The summed E-state index contributed by atoms with van der Waals surface area (Å²) in [5.41, 5.74) is 2.94. The van der Waals surface area contributed by atoms with Gasteiger partial charge < -0.3 is 15.4 Å². The fourth-order valence-corrected chi connectivity index (χ4v) is 2.53. The Morgan fingerprint density at radius 2 is 1.74 bits per heavy atom. The van der Waals surface area contributed by atoms with Gasteiger partial charge in [0.05, 0.1) is 17.4 Å². The average molecular weight is 359 g/mol. The van der Waals surface area contributed by atoms with Gasteiger partial charge in [0.15, 0.2) is 0 Å². The second-order valence-electron chi connectivity index (χ2n) is 6.32. The molecule has 0 fully saturated rings. The van der Waals surface area contributed by atoms with Gasteiger partial charge in [0.2, 0.25) is 5.95 Å². The molecule has 0 saturated carbocycles. The monoisotopic (exact) mass is 359 g/mol. The van der Waals surface area contributed by atoms with E-state index >= 15 is 0 Å². The molecule has 0 spiro atoms. The lowest BCUT2D eigenvalue weighted by molar-refractivity contribution is 0.242. The number of hydrogen-bond donors (Lipinski definition) is 2. The molecule has 0 unspecified atom stereocenters. The minimum atomic E-state index is 0.133. The highest BCUT2D eigenvalue weighted by molar-refractivity contribution is 5.65. The Morgan fingerprint density at radius 1 is 1.00 bits per heavy atom. The van der Waals surface area contributed by atoms with E-state index < -0.39 is 0 Å². The zero-order chi connectivity index (χ0) is 19.2. The lowest BCUT2D eigenvalue weighted by atomic mass is 10.2. The topological polar surface area (TPSA) is 82.9 Å². The third-order valence-corrected chi connectivity index (χ3v) is 3.65. The van der Waals surface area contributed by atoms with E-state index in [2.05, 4.69) is 26.7 Å². The highest BCUT2D eigenvalue weighted by Gasteiger charge is 2.06. The van der Waals surface area contributed by atoms with Crippen molar-refractivity contribution >= 4 is 23.1 Å².